The standard InChI is InChI=1S/C9H10N2O2S/c1-5-3-8(11-12-5)9-7(4-14)6(2)10-13-9/h3,14H,4H2,1-2H3. The van der Waals surface area contributed by atoms with Crippen LogP contribution < -0.4 is 0 Å². The number of aryl methyl sites for hydroxylation is 2. The Labute approximate surface area is 86.7 Å². The second kappa shape index (κ2) is 3.49. The van der Waals surface area contributed by atoms with Gasteiger partial charge in [-0.05, 0) is 13.8 Å². The van der Waals surface area contributed by atoms with Gasteiger partial charge in [-0.15, -0.1) is 0 Å². The summed E-state index contributed by atoms with van der Waals surface area (Å²) in [6, 6.07) is 1.81. The fraction of sp³-hybridized carbons (Fsp3) is 0.333. The molecule has 0 bridgehead atoms. The van der Waals surface area contributed by atoms with E-state index in [9.17, 15) is 0 Å². The van der Waals surface area contributed by atoms with Gasteiger partial charge in [0.25, 0.3) is 0 Å². The first kappa shape index (κ1) is 9.33. The van der Waals surface area contributed by atoms with Gasteiger partial charge >= 0.3 is 0 Å². The molecule has 2 aromatic heterocycles. The molecule has 0 aliphatic heterocycles. The Morgan fingerprint density at radius 1 is 1.29 bits per heavy atom. The quantitative estimate of drug-likeness (QED) is 0.773. The number of hydrogen-bond donors (Lipinski definition) is 1. The van der Waals surface area contributed by atoms with Crippen LogP contribution >= 0.6 is 12.6 Å². The van der Waals surface area contributed by atoms with E-state index in [4.69, 9.17) is 9.05 Å². The molecule has 0 N–H and O–H groups in total. The predicted molar refractivity (Wildman–Crippen MR) is 54.2 cm³/mol. The summed E-state index contributed by atoms with van der Waals surface area (Å²) in [5.41, 5.74) is 2.48. The lowest BCUT2D eigenvalue weighted by Gasteiger charge is -1.92. The minimum atomic E-state index is 0.580. The van der Waals surface area contributed by atoms with Gasteiger partial charge in [0.1, 0.15) is 5.76 Å². The van der Waals surface area contributed by atoms with Crippen molar-refractivity contribution in [2.75, 3.05) is 0 Å². The van der Waals surface area contributed by atoms with Crippen LogP contribution in [0.25, 0.3) is 11.5 Å². The summed E-state index contributed by atoms with van der Waals surface area (Å²) in [6.07, 6.45) is 0. The van der Waals surface area contributed by atoms with Gasteiger partial charge in [0.05, 0.1) is 5.69 Å². The minimum Gasteiger partial charge on any atom is -0.361 e. The van der Waals surface area contributed by atoms with Gasteiger partial charge in [-0.2, -0.15) is 12.6 Å². The lowest BCUT2D eigenvalue weighted by Crippen LogP contribution is -1.83. The second-order valence-corrected chi connectivity index (χ2v) is 3.37. The van der Waals surface area contributed by atoms with Gasteiger partial charge in [0, 0.05) is 17.4 Å². The highest BCUT2D eigenvalue weighted by molar-refractivity contribution is 7.79. The van der Waals surface area contributed by atoms with E-state index in [1.54, 1.807) is 0 Å². The molecule has 2 heterocycles. The largest absolute Gasteiger partial charge is 0.361 e. The van der Waals surface area contributed by atoms with E-state index in [-0.39, 0.29) is 0 Å². The molecular weight excluding hydrogens is 200 g/mol. The maximum Gasteiger partial charge on any atom is 0.193 e. The minimum absolute atomic E-state index is 0.580. The normalized spacial score (nSPS) is 10.8. The van der Waals surface area contributed by atoms with Crippen molar-refractivity contribution in [2.24, 2.45) is 0 Å². The highest BCUT2D eigenvalue weighted by Gasteiger charge is 2.16. The summed E-state index contributed by atoms with van der Waals surface area (Å²) in [5.74, 6) is 1.98. The van der Waals surface area contributed by atoms with Crippen LogP contribution in [-0.4, -0.2) is 10.3 Å². The van der Waals surface area contributed by atoms with Crippen LogP contribution in [0.2, 0.25) is 0 Å². The molecule has 4 nitrogen and oxygen atoms in total. The fourth-order valence-electron chi connectivity index (χ4n) is 1.25. The molecule has 0 saturated heterocycles. The summed E-state index contributed by atoms with van der Waals surface area (Å²) >= 11 is 4.21. The highest BCUT2D eigenvalue weighted by atomic mass is 32.1. The molecule has 0 aliphatic carbocycles. The Morgan fingerprint density at radius 3 is 2.64 bits per heavy atom. The molecule has 0 spiro atoms. The van der Waals surface area contributed by atoms with Crippen molar-refractivity contribution < 1.29 is 9.05 Å². The number of aromatic nitrogens is 2. The van der Waals surface area contributed by atoms with Crippen LogP contribution in [0.15, 0.2) is 15.1 Å². The maximum atomic E-state index is 5.16. The summed E-state index contributed by atoms with van der Waals surface area (Å²) in [5, 5.41) is 7.73. The number of rotatable bonds is 2. The molecule has 0 saturated carbocycles. The molecule has 0 aliphatic rings. The van der Waals surface area contributed by atoms with Crippen molar-refractivity contribution in [3.63, 3.8) is 0 Å². The predicted octanol–water partition coefficient (Wildman–Crippen LogP) is 2.38. The van der Waals surface area contributed by atoms with Crippen LogP contribution in [0, 0.1) is 13.8 Å². The highest BCUT2D eigenvalue weighted by Crippen LogP contribution is 2.26. The van der Waals surface area contributed by atoms with Crippen LogP contribution in [0.5, 0.6) is 0 Å². The number of hydrogen-bond acceptors (Lipinski definition) is 5. The average molecular weight is 210 g/mol. The summed E-state index contributed by atoms with van der Waals surface area (Å²) in [7, 11) is 0. The van der Waals surface area contributed by atoms with Gasteiger partial charge in [-0.25, -0.2) is 0 Å². The second-order valence-electron chi connectivity index (χ2n) is 3.06. The van der Waals surface area contributed by atoms with E-state index in [0.717, 1.165) is 17.0 Å². The summed E-state index contributed by atoms with van der Waals surface area (Å²) in [6.45, 7) is 3.71. The first-order chi connectivity index (χ1) is 6.72. The molecule has 74 valence electrons. The molecular formula is C9H10N2O2S. The van der Waals surface area contributed by atoms with Gasteiger partial charge < -0.3 is 9.05 Å². The van der Waals surface area contributed by atoms with Gasteiger partial charge in [0.15, 0.2) is 11.5 Å². The maximum absolute atomic E-state index is 5.16. The third-order valence-corrected chi connectivity index (χ3v) is 2.32. The molecule has 0 amide bonds. The van der Waals surface area contributed by atoms with E-state index in [1.807, 2.05) is 19.9 Å². The zero-order valence-corrected chi connectivity index (χ0v) is 8.84. The Balaban J connectivity index is 2.51. The van der Waals surface area contributed by atoms with E-state index in [1.165, 1.54) is 0 Å². The fourth-order valence-corrected chi connectivity index (χ4v) is 1.62. The third-order valence-electron chi connectivity index (χ3n) is 2.00. The molecule has 0 fully saturated rings. The SMILES string of the molecule is Cc1cc(-c2onc(C)c2CS)no1. The molecule has 2 rings (SSSR count). The van der Waals surface area contributed by atoms with Gasteiger partial charge in [-0.1, -0.05) is 10.3 Å². The summed E-state index contributed by atoms with van der Waals surface area (Å²) in [4.78, 5) is 0. The van der Waals surface area contributed by atoms with Crippen molar-refractivity contribution in [3.05, 3.63) is 23.1 Å². The Kier molecular flexibility index (Phi) is 2.33. The molecule has 5 heteroatoms. The smallest absolute Gasteiger partial charge is 0.193 e. The topological polar surface area (TPSA) is 52.1 Å². The number of nitrogens with zero attached hydrogens (tertiary/aromatic N) is 2. The Bertz CT molecular complexity index is 447. The van der Waals surface area contributed by atoms with Crippen LogP contribution in [0.4, 0.5) is 0 Å². The molecule has 0 aromatic carbocycles. The van der Waals surface area contributed by atoms with Crippen molar-refractivity contribution in [3.8, 4) is 11.5 Å². The molecule has 0 radical (unpaired) electrons. The van der Waals surface area contributed by atoms with E-state index in [2.05, 4.69) is 22.9 Å². The molecule has 0 unspecified atom stereocenters. The van der Waals surface area contributed by atoms with E-state index >= 15 is 0 Å². The molecule has 14 heavy (non-hydrogen) atoms. The Morgan fingerprint density at radius 2 is 2.07 bits per heavy atom. The van der Waals surface area contributed by atoms with Gasteiger partial charge in [-0.3, -0.25) is 0 Å². The van der Waals surface area contributed by atoms with Crippen LogP contribution in [0.1, 0.15) is 17.0 Å². The van der Waals surface area contributed by atoms with Crippen LogP contribution in [0.3, 0.4) is 0 Å². The zero-order chi connectivity index (χ0) is 10.1. The monoisotopic (exact) mass is 210 g/mol. The molecule has 2 aromatic rings. The third kappa shape index (κ3) is 1.43. The van der Waals surface area contributed by atoms with E-state index in [0.29, 0.717) is 17.2 Å². The van der Waals surface area contributed by atoms with Crippen molar-refractivity contribution in [1.82, 2.24) is 10.3 Å². The van der Waals surface area contributed by atoms with Crippen LogP contribution in [-0.2, 0) is 5.75 Å². The lowest BCUT2D eigenvalue weighted by atomic mass is 10.2. The van der Waals surface area contributed by atoms with Crippen molar-refractivity contribution >= 4 is 12.6 Å². The van der Waals surface area contributed by atoms with Crippen molar-refractivity contribution in [1.29, 1.82) is 0 Å². The first-order valence-electron chi connectivity index (χ1n) is 4.22. The molecule has 0 atom stereocenters. The lowest BCUT2D eigenvalue weighted by molar-refractivity contribution is 0.390. The van der Waals surface area contributed by atoms with E-state index < -0.39 is 0 Å². The Hall–Kier alpha value is -1.23. The van der Waals surface area contributed by atoms with Crippen molar-refractivity contribution in [2.45, 2.75) is 19.6 Å². The first-order valence-corrected chi connectivity index (χ1v) is 4.85. The van der Waals surface area contributed by atoms with Gasteiger partial charge in [0.2, 0.25) is 0 Å². The zero-order valence-electron chi connectivity index (χ0n) is 7.94. The summed E-state index contributed by atoms with van der Waals surface area (Å²) < 4.78 is 10.1. The number of thiol groups is 1. The average Bonchev–Trinajstić information content (AvgIpc) is 2.71.